The SMILES string of the molecule is c1ccc(-c2nc(-c3ccccc3)nc(-c3ccc(-n4c5ccccc5c5c6ccccc6ccc54)c(-c4nc(-c5ccccc5)nc(-c5ccccc5)n4)c3)n2)cc1. The van der Waals surface area contributed by atoms with E-state index in [1.165, 1.54) is 16.2 Å². The largest absolute Gasteiger partial charge is 0.308 e. The van der Waals surface area contributed by atoms with Crippen LogP contribution in [0.2, 0.25) is 0 Å². The highest BCUT2D eigenvalue weighted by Gasteiger charge is 2.22. The highest BCUT2D eigenvalue weighted by atomic mass is 15.1. The molecule has 0 atom stereocenters. The molecule has 0 aliphatic carbocycles. The maximum atomic E-state index is 5.26. The molecule has 0 aliphatic heterocycles. The minimum absolute atomic E-state index is 0.530. The maximum absolute atomic E-state index is 5.26. The van der Waals surface area contributed by atoms with Gasteiger partial charge in [0.25, 0.3) is 0 Å². The first-order chi connectivity index (χ1) is 29.2. The van der Waals surface area contributed by atoms with Crippen molar-refractivity contribution in [3.05, 3.63) is 200 Å². The number of para-hydroxylation sites is 1. The third-order valence-electron chi connectivity index (χ3n) is 10.7. The molecular formula is C52H33N7. The van der Waals surface area contributed by atoms with Crippen molar-refractivity contribution in [2.45, 2.75) is 0 Å². The first kappa shape index (κ1) is 34.1. The molecule has 0 fully saturated rings. The van der Waals surface area contributed by atoms with E-state index >= 15 is 0 Å². The van der Waals surface area contributed by atoms with Crippen LogP contribution in [0.1, 0.15) is 0 Å². The van der Waals surface area contributed by atoms with E-state index in [9.17, 15) is 0 Å². The Balaban J connectivity index is 1.22. The van der Waals surface area contributed by atoms with Gasteiger partial charge in [0.15, 0.2) is 34.9 Å². The zero-order valence-corrected chi connectivity index (χ0v) is 31.7. The molecule has 0 saturated heterocycles. The van der Waals surface area contributed by atoms with Gasteiger partial charge in [0.1, 0.15) is 0 Å². The summed E-state index contributed by atoms with van der Waals surface area (Å²) in [6.07, 6.45) is 0. The van der Waals surface area contributed by atoms with Gasteiger partial charge in [-0.3, -0.25) is 0 Å². The van der Waals surface area contributed by atoms with Crippen molar-refractivity contribution in [1.82, 2.24) is 34.5 Å². The van der Waals surface area contributed by atoms with Crippen LogP contribution in [0.5, 0.6) is 0 Å². The highest BCUT2D eigenvalue weighted by molar-refractivity contribution is 6.21. The maximum Gasteiger partial charge on any atom is 0.166 e. The lowest BCUT2D eigenvalue weighted by molar-refractivity contribution is 1.06. The van der Waals surface area contributed by atoms with E-state index in [4.69, 9.17) is 29.9 Å². The Morgan fingerprint density at radius 1 is 0.288 bits per heavy atom. The molecule has 7 nitrogen and oxygen atoms in total. The van der Waals surface area contributed by atoms with Crippen LogP contribution in [0, 0.1) is 0 Å². The minimum Gasteiger partial charge on any atom is -0.308 e. The van der Waals surface area contributed by atoms with Gasteiger partial charge in [-0.1, -0.05) is 170 Å². The van der Waals surface area contributed by atoms with Gasteiger partial charge in [-0.15, -0.1) is 0 Å². The van der Waals surface area contributed by atoms with Crippen molar-refractivity contribution in [2.75, 3.05) is 0 Å². The number of hydrogen-bond donors (Lipinski definition) is 0. The molecular weight excluding hydrogens is 723 g/mol. The van der Waals surface area contributed by atoms with Crippen LogP contribution in [-0.4, -0.2) is 34.5 Å². The summed E-state index contributed by atoms with van der Waals surface area (Å²) < 4.78 is 2.34. The van der Waals surface area contributed by atoms with Crippen LogP contribution in [0.15, 0.2) is 200 Å². The second kappa shape index (κ2) is 14.4. The van der Waals surface area contributed by atoms with E-state index in [-0.39, 0.29) is 0 Å². The molecule has 0 amide bonds. The number of rotatable bonds is 7. The Morgan fingerprint density at radius 3 is 1.24 bits per heavy atom. The van der Waals surface area contributed by atoms with Crippen LogP contribution >= 0.6 is 0 Å². The fourth-order valence-electron chi connectivity index (χ4n) is 7.91. The van der Waals surface area contributed by atoms with Gasteiger partial charge in [0, 0.05) is 44.2 Å². The molecule has 0 unspecified atom stereocenters. The third kappa shape index (κ3) is 6.18. The average molecular weight is 756 g/mol. The summed E-state index contributed by atoms with van der Waals surface area (Å²) in [7, 11) is 0. The normalized spacial score (nSPS) is 11.4. The van der Waals surface area contributed by atoms with Gasteiger partial charge in [0.05, 0.1) is 16.7 Å². The van der Waals surface area contributed by atoms with E-state index in [0.717, 1.165) is 55.5 Å². The molecule has 0 spiro atoms. The lowest BCUT2D eigenvalue weighted by Gasteiger charge is -2.16. The molecule has 3 aromatic heterocycles. The standard InChI is InChI=1S/C52H33N7/c1-5-18-35(19-6-1)47-53-48(36-20-7-2-8-21-36)56-51(55-47)39-30-31-44(59-43-28-16-15-27-41(43)46-40-26-14-13-17-34(40)29-32-45(46)59)42(33-39)52-57-49(37-22-9-3-10-23-37)54-50(58-52)38-24-11-4-12-25-38/h1-33H. The summed E-state index contributed by atoms with van der Waals surface area (Å²) >= 11 is 0. The molecule has 8 aromatic carbocycles. The average Bonchev–Trinajstić information content (AvgIpc) is 3.67. The lowest BCUT2D eigenvalue weighted by Crippen LogP contribution is -2.05. The van der Waals surface area contributed by atoms with Gasteiger partial charge in [-0.2, -0.15) is 0 Å². The van der Waals surface area contributed by atoms with E-state index in [2.05, 4.69) is 83.4 Å². The predicted molar refractivity (Wildman–Crippen MR) is 238 cm³/mol. The minimum atomic E-state index is 0.530. The molecule has 7 heteroatoms. The van der Waals surface area contributed by atoms with Crippen LogP contribution in [0.4, 0.5) is 0 Å². The quantitative estimate of drug-likeness (QED) is 0.161. The molecule has 11 rings (SSSR count). The molecule has 11 aromatic rings. The second-order valence-electron chi connectivity index (χ2n) is 14.3. The van der Waals surface area contributed by atoms with Crippen molar-refractivity contribution >= 4 is 32.6 Å². The van der Waals surface area contributed by atoms with Crippen molar-refractivity contribution in [1.29, 1.82) is 0 Å². The highest BCUT2D eigenvalue weighted by Crippen LogP contribution is 2.40. The second-order valence-corrected chi connectivity index (χ2v) is 14.3. The van der Waals surface area contributed by atoms with Crippen LogP contribution in [0.3, 0.4) is 0 Å². The Hall–Kier alpha value is -8.16. The summed E-state index contributed by atoms with van der Waals surface area (Å²) in [6.45, 7) is 0. The topological polar surface area (TPSA) is 82.3 Å². The zero-order valence-electron chi connectivity index (χ0n) is 31.7. The number of fused-ring (bicyclic) bond motifs is 5. The first-order valence-electron chi connectivity index (χ1n) is 19.6. The van der Waals surface area contributed by atoms with Gasteiger partial charge in [0.2, 0.25) is 0 Å². The smallest absolute Gasteiger partial charge is 0.166 e. The Labute approximate surface area is 340 Å². The molecule has 0 aliphatic rings. The van der Waals surface area contributed by atoms with E-state index < -0.39 is 0 Å². The molecule has 0 N–H and O–H groups in total. The fraction of sp³-hybridized carbons (Fsp3) is 0. The van der Waals surface area contributed by atoms with Crippen LogP contribution < -0.4 is 0 Å². The fourth-order valence-corrected chi connectivity index (χ4v) is 7.91. The number of nitrogens with zero attached hydrogens (tertiary/aromatic N) is 7. The molecule has 0 bridgehead atoms. The third-order valence-corrected chi connectivity index (χ3v) is 10.7. The Kier molecular flexibility index (Phi) is 8.33. The predicted octanol–water partition coefficient (Wildman–Crippen LogP) is 12.3. The molecule has 276 valence electrons. The summed E-state index contributed by atoms with van der Waals surface area (Å²) in [5.41, 5.74) is 8.27. The van der Waals surface area contributed by atoms with Crippen molar-refractivity contribution in [3.63, 3.8) is 0 Å². The Bertz CT molecular complexity index is 3200. The monoisotopic (exact) mass is 755 g/mol. The summed E-state index contributed by atoms with van der Waals surface area (Å²) in [4.78, 5) is 30.7. The van der Waals surface area contributed by atoms with Crippen LogP contribution in [-0.2, 0) is 0 Å². The van der Waals surface area contributed by atoms with E-state index in [1.54, 1.807) is 0 Å². The summed E-state index contributed by atoms with van der Waals surface area (Å²) in [5.74, 6) is 3.41. The summed E-state index contributed by atoms with van der Waals surface area (Å²) in [6, 6.07) is 68.2. The lowest BCUT2D eigenvalue weighted by atomic mass is 10.0. The van der Waals surface area contributed by atoms with Crippen molar-refractivity contribution < 1.29 is 0 Å². The molecule has 0 radical (unpaired) electrons. The van der Waals surface area contributed by atoms with Crippen LogP contribution in [0.25, 0.3) is 107 Å². The van der Waals surface area contributed by atoms with E-state index in [0.29, 0.717) is 34.9 Å². The number of benzene rings is 8. The zero-order chi connectivity index (χ0) is 39.1. The van der Waals surface area contributed by atoms with Crippen molar-refractivity contribution in [2.24, 2.45) is 0 Å². The van der Waals surface area contributed by atoms with Gasteiger partial charge in [-0.05, 0) is 41.1 Å². The van der Waals surface area contributed by atoms with Gasteiger partial charge in [-0.25, -0.2) is 29.9 Å². The summed E-state index contributed by atoms with van der Waals surface area (Å²) in [5, 5.41) is 4.74. The molecule has 59 heavy (non-hydrogen) atoms. The number of aromatic nitrogens is 7. The van der Waals surface area contributed by atoms with Crippen molar-refractivity contribution in [3.8, 4) is 74.0 Å². The van der Waals surface area contributed by atoms with Gasteiger partial charge >= 0.3 is 0 Å². The number of hydrogen-bond acceptors (Lipinski definition) is 6. The Morgan fingerprint density at radius 2 is 0.712 bits per heavy atom. The van der Waals surface area contributed by atoms with Gasteiger partial charge < -0.3 is 4.57 Å². The molecule has 3 heterocycles. The van der Waals surface area contributed by atoms with E-state index in [1.807, 2.05) is 121 Å². The molecule has 0 saturated carbocycles. The first-order valence-corrected chi connectivity index (χ1v) is 19.6.